The molecule has 4 rings (SSSR count). The summed E-state index contributed by atoms with van der Waals surface area (Å²) >= 11 is 6.07. The van der Waals surface area contributed by atoms with Gasteiger partial charge in [-0.3, -0.25) is 14.3 Å². The van der Waals surface area contributed by atoms with Crippen LogP contribution in [0.15, 0.2) is 54.6 Å². The lowest BCUT2D eigenvalue weighted by molar-refractivity contribution is -0.138. The van der Waals surface area contributed by atoms with Gasteiger partial charge >= 0.3 is 5.97 Å². The van der Waals surface area contributed by atoms with Crippen molar-refractivity contribution in [2.45, 2.75) is 38.4 Å². The van der Waals surface area contributed by atoms with E-state index in [0.29, 0.717) is 29.0 Å². The number of nitrogens with zero attached hydrogens (tertiary/aromatic N) is 2. The van der Waals surface area contributed by atoms with Crippen molar-refractivity contribution in [2.75, 3.05) is 20.3 Å². The fraction of sp³-hybridized carbons (Fsp3) is 0.370. The SMILES string of the molecule is COc1cc(CN(CC2CC2)C(CC(=O)O)c2ccc(Cl)cc2)ccc1OCCn1c(O)ccc1O. The zero-order valence-electron chi connectivity index (χ0n) is 20.1. The van der Waals surface area contributed by atoms with Crippen molar-refractivity contribution < 1.29 is 29.6 Å². The average Bonchev–Trinajstić information content (AvgIpc) is 3.62. The molecule has 0 amide bonds. The van der Waals surface area contributed by atoms with Crippen LogP contribution in [0.1, 0.15) is 36.4 Å². The highest BCUT2D eigenvalue weighted by Gasteiger charge is 2.30. The number of hydrogen-bond acceptors (Lipinski definition) is 6. The number of aromatic hydroxyl groups is 2. The van der Waals surface area contributed by atoms with Crippen LogP contribution in [-0.2, 0) is 17.9 Å². The molecule has 1 atom stereocenters. The predicted octanol–water partition coefficient (Wildman–Crippen LogP) is 5.07. The highest BCUT2D eigenvalue weighted by molar-refractivity contribution is 6.30. The minimum atomic E-state index is -0.850. The van der Waals surface area contributed by atoms with Crippen LogP contribution in [0, 0.1) is 5.92 Å². The van der Waals surface area contributed by atoms with Crippen molar-refractivity contribution in [3.05, 3.63) is 70.7 Å². The van der Waals surface area contributed by atoms with Crippen molar-refractivity contribution in [3.63, 3.8) is 0 Å². The number of carboxylic acid groups (broad SMARTS) is 1. The maximum atomic E-state index is 11.8. The van der Waals surface area contributed by atoms with Gasteiger partial charge in [-0.2, -0.15) is 0 Å². The molecular formula is C27H31ClN2O6. The third kappa shape index (κ3) is 6.65. The highest BCUT2D eigenvalue weighted by atomic mass is 35.5. The zero-order valence-corrected chi connectivity index (χ0v) is 20.9. The fourth-order valence-electron chi connectivity index (χ4n) is 4.33. The van der Waals surface area contributed by atoms with Gasteiger partial charge in [0.1, 0.15) is 6.61 Å². The molecule has 1 heterocycles. The Morgan fingerprint density at radius 2 is 1.78 bits per heavy atom. The molecule has 0 bridgehead atoms. The van der Waals surface area contributed by atoms with Gasteiger partial charge in [0, 0.05) is 36.3 Å². The summed E-state index contributed by atoms with van der Waals surface area (Å²) in [5, 5.41) is 29.8. The second kappa shape index (κ2) is 11.6. The largest absolute Gasteiger partial charge is 0.494 e. The van der Waals surface area contributed by atoms with Crippen LogP contribution in [0.3, 0.4) is 0 Å². The third-order valence-corrected chi connectivity index (χ3v) is 6.63. The van der Waals surface area contributed by atoms with Crippen LogP contribution in [0.4, 0.5) is 0 Å². The number of halogens is 1. The number of carboxylic acids is 1. The molecule has 0 aliphatic heterocycles. The van der Waals surface area contributed by atoms with Gasteiger partial charge in [-0.1, -0.05) is 29.8 Å². The van der Waals surface area contributed by atoms with E-state index >= 15 is 0 Å². The van der Waals surface area contributed by atoms with E-state index in [1.807, 2.05) is 30.3 Å². The molecular weight excluding hydrogens is 484 g/mol. The quantitative estimate of drug-likeness (QED) is 0.292. The fourth-order valence-corrected chi connectivity index (χ4v) is 4.45. The lowest BCUT2D eigenvalue weighted by Gasteiger charge is -2.32. The first-order valence-electron chi connectivity index (χ1n) is 11.9. The van der Waals surface area contributed by atoms with E-state index in [2.05, 4.69) is 4.90 Å². The molecule has 0 spiro atoms. The van der Waals surface area contributed by atoms with Crippen LogP contribution in [-0.4, -0.2) is 51.0 Å². The molecule has 0 saturated heterocycles. The first-order valence-corrected chi connectivity index (χ1v) is 12.3. The second-order valence-corrected chi connectivity index (χ2v) is 9.51. The van der Waals surface area contributed by atoms with Gasteiger partial charge in [-0.25, -0.2) is 0 Å². The number of methoxy groups -OCH3 is 1. The number of benzene rings is 2. The molecule has 1 aliphatic rings. The Labute approximate surface area is 215 Å². The molecule has 36 heavy (non-hydrogen) atoms. The lowest BCUT2D eigenvalue weighted by atomic mass is 10.0. The number of aliphatic carboxylic acids is 1. The van der Waals surface area contributed by atoms with Crippen molar-refractivity contribution in [2.24, 2.45) is 5.92 Å². The predicted molar refractivity (Wildman–Crippen MR) is 136 cm³/mol. The van der Waals surface area contributed by atoms with Crippen molar-refractivity contribution in [1.82, 2.24) is 9.47 Å². The molecule has 2 aromatic carbocycles. The Kier molecular flexibility index (Phi) is 8.28. The van der Waals surface area contributed by atoms with Crippen LogP contribution in [0.5, 0.6) is 23.3 Å². The summed E-state index contributed by atoms with van der Waals surface area (Å²) in [4.78, 5) is 14.0. The van der Waals surface area contributed by atoms with E-state index in [-0.39, 0.29) is 37.4 Å². The monoisotopic (exact) mass is 514 g/mol. The number of ether oxygens (including phenoxy) is 2. The highest BCUT2D eigenvalue weighted by Crippen LogP contribution is 2.36. The smallest absolute Gasteiger partial charge is 0.305 e. The molecule has 0 radical (unpaired) electrons. The van der Waals surface area contributed by atoms with Crippen molar-refractivity contribution in [1.29, 1.82) is 0 Å². The first kappa shape index (κ1) is 25.7. The van der Waals surface area contributed by atoms with Gasteiger partial charge in [-0.05, 0) is 54.2 Å². The first-order chi connectivity index (χ1) is 17.3. The van der Waals surface area contributed by atoms with E-state index in [1.54, 1.807) is 19.2 Å². The van der Waals surface area contributed by atoms with Gasteiger partial charge in [0.25, 0.3) is 0 Å². The van der Waals surface area contributed by atoms with E-state index in [0.717, 1.165) is 30.5 Å². The summed E-state index contributed by atoms with van der Waals surface area (Å²) in [5.74, 6) is 0.745. The standard InChI is InChI=1S/C27H31ClN2O6/c1-35-24-14-19(4-9-23(24)36-13-12-30-25(31)10-11-26(30)32)17-29(16-18-2-3-18)22(15-27(33)34)20-5-7-21(28)8-6-20/h4-11,14,18,22,31-32H,2-3,12-13,15-17H2,1H3,(H,33,34). The van der Waals surface area contributed by atoms with Gasteiger partial charge in [0.2, 0.25) is 0 Å². The van der Waals surface area contributed by atoms with Crippen LogP contribution < -0.4 is 9.47 Å². The normalized spacial score (nSPS) is 14.1. The number of carbonyl (C=O) groups is 1. The molecule has 1 aliphatic carbocycles. The summed E-state index contributed by atoms with van der Waals surface area (Å²) < 4.78 is 12.8. The summed E-state index contributed by atoms with van der Waals surface area (Å²) in [7, 11) is 1.57. The minimum absolute atomic E-state index is 0.00817. The van der Waals surface area contributed by atoms with Crippen LogP contribution in [0.25, 0.3) is 0 Å². The zero-order chi connectivity index (χ0) is 25.7. The summed E-state index contributed by atoms with van der Waals surface area (Å²) in [6.07, 6.45) is 2.30. The van der Waals surface area contributed by atoms with E-state index in [1.165, 1.54) is 16.7 Å². The number of hydrogen-bond donors (Lipinski definition) is 3. The minimum Gasteiger partial charge on any atom is -0.494 e. The Morgan fingerprint density at radius 1 is 1.08 bits per heavy atom. The van der Waals surface area contributed by atoms with Crippen LogP contribution >= 0.6 is 11.6 Å². The Balaban J connectivity index is 1.50. The maximum absolute atomic E-state index is 11.8. The molecule has 1 unspecified atom stereocenters. The van der Waals surface area contributed by atoms with Crippen molar-refractivity contribution >= 4 is 17.6 Å². The number of aromatic nitrogens is 1. The Bertz CT molecular complexity index is 1160. The molecule has 3 aromatic rings. The number of rotatable bonds is 13. The lowest BCUT2D eigenvalue weighted by Crippen LogP contribution is -2.32. The van der Waals surface area contributed by atoms with Gasteiger partial charge in [-0.15, -0.1) is 0 Å². The molecule has 1 aromatic heterocycles. The maximum Gasteiger partial charge on any atom is 0.305 e. The third-order valence-electron chi connectivity index (χ3n) is 6.37. The van der Waals surface area contributed by atoms with Gasteiger partial charge in [0.15, 0.2) is 23.3 Å². The molecule has 192 valence electrons. The van der Waals surface area contributed by atoms with Crippen LogP contribution in [0.2, 0.25) is 5.02 Å². The summed E-state index contributed by atoms with van der Waals surface area (Å²) in [6, 6.07) is 15.6. The molecule has 1 saturated carbocycles. The van der Waals surface area contributed by atoms with E-state index < -0.39 is 5.97 Å². The van der Waals surface area contributed by atoms with Gasteiger partial charge < -0.3 is 24.8 Å². The van der Waals surface area contributed by atoms with E-state index in [9.17, 15) is 20.1 Å². The van der Waals surface area contributed by atoms with E-state index in [4.69, 9.17) is 21.1 Å². The second-order valence-electron chi connectivity index (χ2n) is 9.07. The topological polar surface area (TPSA) is 104 Å². The molecule has 1 fully saturated rings. The molecule has 9 heteroatoms. The Hall–Kier alpha value is -3.36. The molecule has 8 nitrogen and oxygen atoms in total. The Morgan fingerprint density at radius 3 is 2.39 bits per heavy atom. The van der Waals surface area contributed by atoms with Gasteiger partial charge in [0.05, 0.1) is 20.1 Å². The average molecular weight is 515 g/mol. The summed E-state index contributed by atoms with van der Waals surface area (Å²) in [5.41, 5.74) is 1.90. The molecule has 3 N–H and O–H groups in total. The van der Waals surface area contributed by atoms with Crippen molar-refractivity contribution in [3.8, 4) is 23.3 Å². The summed E-state index contributed by atoms with van der Waals surface area (Å²) in [6.45, 7) is 1.85.